The Morgan fingerprint density at radius 2 is 1.71 bits per heavy atom. The summed E-state index contributed by atoms with van der Waals surface area (Å²) in [7, 11) is -3.56. The fraction of sp³-hybridized carbons (Fsp3) is 0.368. The van der Waals surface area contributed by atoms with Gasteiger partial charge in [0, 0.05) is 4.47 Å². The van der Waals surface area contributed by atoms with Crippen molar-refractivity contribution in [3.63, 3.8) is 0 Å². The lowest BCUT2D eigenvalue weighted by molar-refractivity contribution is 0.601. The highest BCUT2D eigenvalue weighted by atomic mass is 79.9. The van der Waals surface area contributed by atoms with Crippen molar-refractivity contribution in [2.45, 2.75) is 50.8 Å². The van der Waals surface area contributed by atoms with Crippen LogP contribution in [0.25, 0.3) is 0 Å². The minimum atomic E-state index is -3.56. The molecule has 0 aliphatic rings. The summed E-state index contributed by atoms with van der Waals surface area (Å²) in [6, 6.07) is 12.7. The topological polar surface area (TPSA) is 46.2 Å². The first kappa shape index (κ1) is 19.0. The van der Waals surface area contributed by atoms with Crippen LogP contribution in [0.15, 0.2) is 51.8 Å². The minimum absolute atomic E-state index is 0.294. The van der Waals surface area contributed by atoms with E-state index < -0.39 is 10.0 Å². The summed E-state index contributed by atoms with van der Waals surface area (Å²) in [4.78, 5) is 0.294. The highest BCUT2D eigenvalue weighted by molar-refractivity contribution is 9.10. The van der Waals surface area contributed by atoms with Gasteiger partial charge in [0.2, 0.25) is 0 Å². The van der Waals surface area contributed by atoms with Crippen molar-refractivity contribution in [1.82, 2.24) is 0 Å². The monoisotopic (exact) mass is 409 g/mol. The molecule has 0 bridgehead atoms. The molecular formula is C19H24BrNO2S. The zero-order valence-corrected chi connectivity index (χ0v) is 16.6. The average Bonchev–Trinajstić information content (AvgIpc) is 2.55. The normalized spacial score (nSPS) is 11.5. The summed E-state index contributed by atoms with van der Waals surface area (Å²) < 4.78 is 28.6. The van der Waals surface area contributed by atoms with Crippen LogP contribution in [0.1, 0.15) is 43.7 Å². The maximum atomic E-state index is 12.5. The molecule has 0 aromatic heterocycles. The van der Waals surface area contributed by atoms with Gasteiger partial charge >= 0.3 is 0 Å². The fourth-order valence-corrected chi connectivity index (χ4v) is 4.14. The molecule has 0 heterocycles. The number of benzene rings is 2. The van der Waals surface area contributed by atoms with Gasteiger partial charge in [-0.3, -0.25) is 4.72 Å². The van der Waals surface area contributed by atoms with E-state index >= 15 is 0 Å². The van der Waals surface area contributed by atoms with Crippen molar-refractivity contribution in [2.75, 3.05) is 4.72 Å². The van der Waals surface area contributed by atoms with E-state index in [1.807, 2.05) is 31.2 Å². The molecule has 0 atom stereocenters. The number of aryl methyl sites for hydroxylation is 2. The molecular weight excluding hydrogens is 386 g/mol. The van der Waals surface area contributed by atoms with Crippen LogP contribution in [0.2, 0.25) is 0 Å². The second kappa shape index (κ2) is 8.67. The molecule has 0 aliphatic heterocycles. The van der Waals surface area contributed by atoms with Crippen LogP contribution in [-0.2, 0) is 16.4 Å². The Hall–Kier alpha value is -1.33. The number of anilines is 1. The van der Waals surface area contributed by atoms with Crippen molar-refractivity contribution in [2.24, 2.45) is 0 Å². The molecule has 0 saturated heterocycles. The third-order valence-electron chi connectivity index (χ3n) is 3.99. The Morgan fingerprint density at radius 1 is 1.00 bits per heavy atom. The lowest BCUT2D eigenvalue weighted by Crippen LogP contribution is -2.13. The maximum absolute atomic E-state index is 12.5. The number of sulfonamides is 1. The Kier molecular flexibility index (Phi) is 6.87. The smallest absolute Gasteiger partial charge is 0.261 e. The fourth-order valence-electron chi connectivity index (χ4n) is 2.54. The molecule has 0 amide bonds. The molecule has 0 radical (unpaired) electrons. The van der Waals surface area contributed by atoms with E-state index in [1.54, 1.807) is 18.2 Å². The summed E-state index contributed by atoms with van der Waals surface area (Å²) >= 11 is 3.38. The van der Waals surface area contributed by atoms with Gasteiger partial charge in [-0.15, -0.1) is 0 Å². The van der Waals surface area contributed by atoms with Gasteiger partial charge in [-0.25, -0.2) is 8.42 Å². The molecule has 1 N–H and O–H groups in total. The first-order valence-corrected chi connectivity index (χ1v) is 10.6. The van der Waals surface area contributed by atoms with Crippen molar-refractivity contribution >= 4 is 31.6 Å². The van der Waals surface area contributed by atoms with Gasteiger partial charge in [0.15, 0.2) is 0 Å². The van der Waals surface area contributed by atoms with Gasteiger partial charge in [0.25, 0.3) is 10.0 Å². The van der Waals surface area contributed by atoms with Gasteiger partial charge in [-0.05, 0) is 61.2 Å². The molecule has 3 nitrogen and oxygen atoms in total. The standard InChI is InChI=1S/C19H24BrNO2S/c1-3-4-5-6-7-16-8-11-18(12-9-16)24(22,23)21-19-13-10-17(20)14-15(19)2/h8-14,21H,3-7H2,1-2H3. The number of rotatable bonds is 8. The van der Waals surface area contributed by atoms with Crippen LogP contribution >= 0.6 is 15.9 Å². The maximum Gasteiger partial charge on any atom is 0.261 e. The third-order valence-corrected chi connectivity index (χ3v) is 5.86. The van der Waals surface area contributed by atoms with E-state index in [1.165, 1.54) is 24.8 Å². The highest BCUT2D eigenvalue weighted by Gasteiger charge is 2.15. The number of hydrogen-bond acceptors (Lipinski definition) is 2. The van der Waals surface area contributed by atoms with Crippen LogP contribution in [-0.4, -0.2) is 8.42 Å². The Morgan fingerprint density at radius 3 is 2.33 bits per heavy atom. The SMILES string of the molecule is CCCCCCc1ccc(S(=O)(=O)Nc2ccc(Br)cc2C)cc1. The van der Waals surface area contributed by atoms with E-state index in [0.29, 0.717) is 10.6 Å². The van der Waals surface area contributed by atoms with Gasteiger partial charge in [-0.2, -0.15) is 0 Å². The Labute approximate surface area is 153 Å². The Balaban J connectivity index is 2.06. The summed E-state index contributed by atoms with van der Waals surface area (Å²) in [5.74, 6) is 0. The molecule has 5 heteroatoms. The zero-order chi connectivity index (χ0) is 17.6. The molecule has 0 spiro atoms. The van der Waals surface area contributed by atoms with Crippen LogP contribution in [0.3, 0.4) is 0 Å². The number of hydrogen-bond donors (Lipinski definition) is 1. The molecule has 0 unspecified atom stereocenters. The lowest BCUT2D eigenvalue weighted by atomic mass is 10.1. The number of nitrogens with one attached hydrogen (secondary N) is 1. The lowest BCUT2D eigenvalue weighted by Gasteiger charge is -2.11. The van der Waals surface area contributed by atoms with Crippen LogP contribution in [0.4, 0.5) is 5.69 Å². The van der Waals surface area contributed by atoms with Crippen LogP contribution in [0, 0.1) is 6.92 Å². The average molecular weight is 410 g/mol. The van der Waals surface area contributed by atoms with E-state index in [9.17, 15) is 8.42 Å². The quantitative estimate of drug-likeness (QED) is 0.569. The first-order valence-electron chi connectivity index (χ1n) is 8.30. The third kappa shape index (κ3) is 5.35. The van der Waals surface area contributed by atoms with E-state index in [-0.39, 0.29) is 0 Å². The van der Waals surface area contributed by atoms with Crippen molar-refractivity contribution < 1.29 is 8.42 Å². The molecule has 2 rings (SSSR count). The van der Waals surface area contributed by atoms with Gasteiger partial charge in [-0.1, -0.05) is 54.2 Å². The highest BCUT2D eigenvalue weighted by Crippen LogP contribution is 2.23. The van der Waals surface area contributed by atoms with Crippen molar-refractivity contribution in [1.29, 1.82) is 0 Å². The summed E-state index contributed by atoms with van der Waals surface area (Å²) in [6.45, 7) is 4.07. The van der Waals surface area contributed by atoms with E-state index in [0.717, 1.165) is 22.9 Å². The second-order valence-corrected chi connectivity index (χ2v) is 8.62. The molecule has 130 valence electrons. The second-order valence-electron chi connectivity index (χ2n) is 6.02. The Bertz CT molecular complexity index is 770. The molecule has 2 aromatic carbocycles. The van der Waals surface area contributed by atoms with Gasteiger partial charge < -0.3 is 0 Å². The molecule has 0 aliphatic carbocycles. The van der Waals surface area contributed by atoms with Gasteiger partial charge in [0.05, 0.1) is 10.6 Å². The predicted molar refractivity (Wildman–Crippen MR) is 104 cm³/mol. The van der Waals surface area contributed by atoms with Crippen molar-refractivity contribution in [3.8, 4) is 0 Å². The summed E-state index contributed by atoms with van der Waals surface area (Å²) in [5.41, 5.74) is 2.66. The molecule has 0 saturated carbocycles. The van der Waals surface area contributed by atoms with E-state index in [2.05, 4.69) is 27.6 Å². The minimum Gasteiger partial charge on any atom is -0.279 e. The van der Waals surface area contributed by atoms with Crippen LogP contribution in [0.5, 0.6) is 0 Å². The summed E-state index contributed by atoms with van der Waals surface area (Å²) in [6.07, 6.45) is 5.85. The molecule has 0 fully saturated rings. The first-order chi connectivity index (χ1) is 11.4. The predicted octanol–water partition coefficient (Wildman–Crippen LogP) is 5.68. The molecule has 24 heavy (non-hydrogen) atoms. The van der Waals surface area contributed by atoms with E-state index in [4.69, 9.17) is 0 Å². The van der Waals surface area contributed by atoms with Crippen molar-refractivity contribution in [3.05, 3.63) is 58.1 Å². The van der Waals surface area contributed by atoms with Crippen LogP contribution < -0.4 is 4.72 Å². The largest absolute Gasteiger partial charge is 0.279 e. The number of halogens is 1. The summed E-state index contributed by atoms with van der Waals surface area (Å²) in [5, 5.41) is 0. The number of unbranched alkanes of at least 4 members (excludes halogenated alkanes) is 3. The van der Waals surface area contributed by atoms with Gasteiger partial charge in [0.1, 0.15) is 0 Å². The molecule has 2 aromatic rings. The zero-order valence-electron chi connectivity index (χ0n) is 14.2.